The van der Waals surface area contributed by atoms with Crippen LogP contribution in [-0.2, 0) is 20.4 Å². The fourth-order valence-electron chi connectivity index (χ4n) is 4.97. The van der Waals surface area contributed by atoms with E-state index in [1.54, 1.807) is 0 Å². The van der Waals surface area contributed by atoms with Gasteiger partial charge in [0.1, 0.15) is 27.0 Å². The quantitative estimate of drug-likeness (QED) is 0.189. The van der Waals surface area contributed by atoms with Gasteiger partial charge in [-0.15, -0.1) is 23.2 Å². The molecule has 1 fully saturated rings. The van der Waals surface area contributed by atoms with E-state index in [4.69, 9.17) is 55.9 Å². The molecule has 2 unspecified atom stereocenters. The Bertz CT molecular complexity index is 1970. The lowest BCUT2D eigenvalue weighted by molar-refractivity contribution is -0.137. The van der Waals surface area contributed by atoms with Gasteiger partial charge < -0.3 is 20.1 Å². The molecule has 19 heteroatoms. The Labute approximate surface area is 318 Å². The average Bonchev–Trinajstić information content (AvgIpc) is 3.57. The van der Waals surface area contributed by atoms with Gasteiger partial charge >= 0.3 is 18.4 Å². The third kappa shape index (κ3) is 9.42. The minimum absolute atomic E-state index is 0.0828. The van der Waals surface area contributed by atoms with Crippen molar-refractivity contribution in [2.45, 2.75) is 69.2 Å². The number of rotatable bonds is 6. The molecule has 0 bridgehead atoms. The zero-order chi connectivity index (χ0) is 40.2. The first-order valence-electron chi connectivity index (χ1n) is 15.2. The molecule has 2 N–H and O–H groups in total. The van der Waals surface area contributed by atoms with Crippen molar-refractivity contribution in [3.8, 4) is 0 Å². The highest BCUT2D eigenvalue weighted by Crippen LogP contribution is 2.65. The Morgan fingerprint density at radius 1 is 0.792 bits per heavy atom. The van der Waals surface area contributed by atoms with Crippen LogP contribution >= 0.6 is 46.4 Å². The van der Waals surface area contributed by atoms with E-state index in [0.29, 0.717) is 18.2 Å². The van der Waals surface area contributed by atoms with Gasteiger partial charge in [-0.3, -0.25) is 9.59 Å². The Balaban J connectivity index is 1.71. The number of nitrogens with zero attached hydrogens (tertiary/aromatic N) is 1. The van der Waals surface area contributed by atoms with Crippen LogP contribution in [-0.4, -0.2) is 39.5 Å². The minimum atomic E-state index is -5.20. The Kier molecular flexibility index (Phi) is 11.6. The molecular formula is C34H29Cl4F6N3O6. The van der Waals surface area contributed by atoms with Gasteiger partial charge in [0, 0.05) is 11.6 Å². The maximum atomic E-state index is 16.0. The summed E-state index contributed by atoms with van der Waals surface area (Å²) in [5.74, 6) is -8.72. The van der Waals surface area contributed by atoms with Crippen molar-refractivity contribution in [3.05, 3.63) is 86.7 Å². The van der Waals surface area contributed by atoms with Crippen LogP contribution in [0.2, 0.25) is 10.0 Å². The molecule has 3 aromatic carbocycles. The summed E-state index contributed by atoms with van der Waals surface area (Å²) in [7, 11) is 0. The first-order valence-corrected chi connectivity index (χ1v) is 16.7. The highest BCUT2D eigenvalue weighted by Gasteiger charge is 2.67. The number of hydrogen-bond acceptors (Lipinski definition) is 6. The summed E-state index contributed by atoms with van der Waals surface area (Å²) in [4.78, 5) is 52.7. The average molecular weight is 831 g/mol. The molecule has 0 saturated heterocycles. The topological polar surface area (TPSA) is 114 Å². The normalized spacial score (nSPS) is 16.8. The molecule has 0 heterocycles. The number of alkyl halides is 5. The van der Waals surface area contributed by atoms with Crippen molar-refractivity contribution < 1.29 is 55.0 Å². The van der Waals surface area contributed by atoms with E-state index in [1.165, 1.54) is 53.7 Å². The summed E-state index contributed by atoms with van der Waals surface area (Å²) in [5.41, 5.74) is -7.71. The molecular weight excluding hydrogens is 802 g/mol. The fraction of sp³-hybridized carbons (Fsp3) is 0.353. The maximum Gasteiger partial charge on any atom is 0.424 e. The summed E-state index contributed by atoms with van der Waals surface area (Å²) in [6.45, 7) is 8.44. The lowest BCUT2D eigenvalue weighted by Gasteiger charge is -2.29. The predicted molar refractivity (Wildman–Crippen MR) is 186 cm³/mol. The maximum absolute atomic E-state index is 16.0. The molecule has 1 aliphatic rings. The van der Waals surface area contributed by atoms with Gasteiger partial charge in [-0.05, 0) is 83.5 Å². The summed E-state index contributed by atoms with van der Waals surface area (Å²) in [5, 5.41) is 2.68. The van der Waals surface area contributed by atoms with Crippen LogP contribution in [0.15, 0.2) is 42.5 Å². The number of anilines is 3. The Morgan fingerprint density at radius 2 is 1.34 bits per heavy atom. The predicted octanol–water partition coefficient (Wildman–Crippen LogP) is 10.9. The van der Waals surface area contributed by atoms with Crippen LogP contribution in [0.25, 0.3) is 0 Å². The van der Waals surface area contributed by atoms with E-state index in [2.05, 4.69) is 5.32 Å². The van der Waals surface area contributed by atoms with Crippen LogP contribution in [0.4, 0.5) is 53.0 Å². The Hall–Kier alpha value is -3.92. The molecule has 2 atom stereocenters. The summed E-state index contributed by atoms with van der Waals surface area (Å²) in [6.07, 6.45) is -8.32. The second-order valence-electron chi connectivity index (χ2n) is 13.7. The number of hydrogen-bond donors (Lipinski definition) is 2. The van der Waals surface area contributed by atoms with Crippen LogP contribution in [0.3, 0.4) is 0 Å². The molecule has 1 saturated carbocycles. The highest BCUT2D eigenvalue weighted by molar-refractivity contribution is 6.53. The van der Waals surface area contributed by atoms with Crippen molar-refractivity contribution in [1.29, 1.82) is 0 Å². The number of nitrogens with one attached hydrogen (secondary N) is 2. The molecule has 53 heavy (non-hydrogen) atoms. The van der Waals surface area contributed by atoms with Crippen LogP contribution in [0.1, 0.15) is 68.9 Å². The number of carbonyl (C=O) groups excluding carboxylic acids is 4. The third-order valence-electron chi connectivity index (χ3n) is 7.22. The number of halogens is 10. The van der Waals surface area contributed by atoms with E-state index in [0.717, 1.165) is 12.1 Å². The van der Waals surface area contributed by atoms with Gasteiger partial charge in [0.15, 0.2) is 11.6 Å². The van der Waals surface area contributed by atoms with E-state index < -0.39 is 108 Å². The lowest BCUT2D eigenvalue weighted by atomic mass is 10.1. The number of benzene rings is 3. The summed E-state index contributed by atoms with van der Waals surface area (Å²) < 4.78 is 95.8. The van der Waals surface area contributed by atoms with Gasteiger partial charge in [-0.25, -0.2) is 22.8 Å². The first-order chi connectivity index (χ1) is 24.1. The van der Waals surface area contributed by atoms with Crippen molar-refractivity contribution in [2.24, 2.45) is 5.92 Å². The monoisotopic (exact) mass is 829 g/mol. The van der Waals surface area contributed by atoms with Crippen molar-refractivity contribution >= 4 is 87.5 Å². The molecule has 4 amide bonds. The van der Waals surface area contributed by atoms with Crippen LogP contribution in [0.5, 0.6) is 0 Å². The minimum Gasteiger partial charge on any atom is -0.443 e. The molecule has 1 aliphatic carbocycles. The van der Waals surface area contributed by atoms with Gasteiger partial charge in [0.25, 0.3) is 5.91 Å². The molecule has 286 valence electrons. The van der Waals surface area contributed by atoms with Gasteiger partial charge in [-0.1, -0.05) is 29.3 Å². The van der Waals surface area contributed by atoms with E-state index in [1.807, 2.05) is 5.32 Å². The lowest BCUT2D eigenvalue weighted by Crippen LogP contribution is -2.44. The molecule has 0 radical (unpaired) electrons. The third-order valence-corrected chi connectivity index (χ3v) is 8.86. The number of imide groups is 1. The molecule has 3 aromatic rings. The van der Waals surface area contributed by atoms with Crippen molar-refractivity contribution in [2.75, 3.05) is 15.5 Å². The molecule has 0 spiro atoms. The van der Waals surface area contributed by atoms with Crippen LogP contribution in [0, 0.1) is 23.4 Å². The van der Waals surface area contributed by atoms with Crippen LogP contribution < -0.4 is 15.5 Å². The molecule has 9 nitrogen and oxygen atoms in total. The number of carbonyl (C=O) groups is 4. The smallest absolute Gasteiger partial charge is 0.424 e. The second kappa shape index (κ2) is 14.7. The molecule has 0 aromatic heterocycles. The van der Waals surface area contributed by atoms with E-state index in [-0.39, 0.29) is 15.5 Å². The standard InChI is InChI=1S/C34H29Cl4F6N3O6/c1-31(2,3)52-29(50)47(30(51)53-32(4,5)6)26-20(40)9-10-21(25(26)41)46-27(48)16-12-15(13-17(24(16)36)34(42,43)44)45-28(49)23-22(33(23,37)38)14-7-8-19(39)18(35)11-14/h7-13,22-23H,1-6H3,(H,45,49)(H,46,48). The largest absolute Gasteiger partial charge is 0.443 e. The summed E-state index contributed by atoms with van der Waals surface area (Å²) in [6, 6.07) is 5.83. The van der Waals surface area contributed by atoms with Gasteiger partial charge in [-0.2, -0.15) is 18.1 Å². The van der Waals surface area contributed by atoms with Gasteiger partial charge in [0.05, 0.1) is 32.8 Å². The molecule has 4 rings (SSSR count). The zero-order valence-corrected chi connectivity index (χ0v) is 31.4. The number of amides is 4. The highest BCUT2D eigenvalue weighted by atomic mass is 35.5. The summed E-state index contributed by atoms with van der Waals surface area (Å²) >= 11 is 24.4. The van der Waals surface area contributed by atoms with Gasteiger partial charge in [0.2, 0.25) is 5.91 Å². The van der Waals surface area contributed by atoms with Crippen molar-refractivity contribution in [1.82, 2.24) is 0 Å². The van der Waals surface area contributed by atoms with E-state index in [9.17, 15) is 36.7 Å². The zero-order valence-electron chi connectivity index (χ0n) is 28.4. The SMILES string of the molecule is CC(C)(C)OC(=O)N(C(=O)OC(C)(C)C)c1c(F)ccc(NC(=O)c2cc(NC(=O)C3C(c4ccc(F)c(Cl)c4)C3(Cl)Cl)cc(C(F)(F)F)c2Cl)c1F. The Morgan fingerprint density at radius 3 is 1.85 bits per heavy atom. The van der Waals surface area contributed by atoms with E-state index >= 15 is 8.78 Å². The fourth-order valence-corrected chi connectivity index (χ4v) is 6.29. The second-order valence-corrected chi connectivity index (χ2v) is 15.9. The number of ether oxygens (including phenoxy) is 2. The first kappa shape index (κ1) is 41.8. The molecule has 0 aliphatic heterocycles. The van der Waals surface area contributed by atoms with Crippen molar-refractivity contribution in [3.63, 3.8) is 0 Å².